The zero-order valence-corrected chi connectivity index (χ0v) is 14.4. The molecule has 1 saturated heterocycles. The average molecular weight is 322 g/mol. The van der Waals surface area contributed by atoms with Crippen molar-refractivity contribution in [1.29, 1.82) is 0 Å². The predicted octanol–water partition coefficient (Wildman–Crippen LogP) is 2.87. The van der Waals surface area contributed by atoms with Crippen LogP contribution in [0, 0.1) is 0 Å². The lowest BCUT2D eigenvalue weighted by molar-refractivity contribution is 0.136. The third kappa shape index (κ3) is 4.98. The molecule has 1 aliphatic heterocycles. The summed E-state index contributed by atoms with van der Waals surface area (Å²) in [6.07, 6.45) is 7.25. The van der Waals surface area contributed by atoms with Gasteiger partial charge in [0.1, 0.15) is 5.82 Å². The highest BCUT2D eigenvalue weighted by atomic mass is 15.3. The van der Waals surface area contributed by atoms with Gasteiger partial charge in [-0.3, -0.25) is 9.80 Å². The van der Waals surface area contributed by atoms with Gasteiger partial charge in [0.15, 0.2) is 0 Å². The lowest BCUT2D eigenvalue weighted by Gasteiger charge is -2.33. The van der Waals surface area contributed by atoms with Crippen molar-refractivity contribution in [2.75, 3.05) is 32.7 Å². The molecule has 1 fully saturated rings. The van der Waals surface area contributed by atoms with E-state index in [4.69, 9.17) is 0 Å². The third-order valence-corrected chi connectivity index (χ3v) is 4.40. The van der Waals surface area contributed by atoms with Crippen LogP contribution < -0.4 is 0 Å². The van der Waals surface area contributed by atoms with Crippen molar-refractivity contribution in [3.05, 3.63) is 65.8 Å². The highest BCUT2D eigenvalue weighted by molar-refractivity contribution is 5.48. The molecule has 0 spiro atoms. The van der Waals surface area contributed by atoms with Gasteiger partial charge < -0.3 is 0 Å². The van der Waals surface area contributed by atoms with Gasteiger partial charge in [-0.25, -0.2) is 9.97 Å². The summed E-state index contributed by atoms with van der Waals surface area (Å²) in [7, 11) is 0. The number of piperazine rings is 1. The van der Waals surface area contributed by atoms with Gasteiger partial charge in [-0.15, -0.1) is 0 Å². The van der Waals surface area contributed by atoms with Crippen LogP contribution in [0.4, 0.5) is 0 Å². The fraction of sp³-hybridized carbons (Fsp3) is 0.400. The first kappa shape index (κ1) is 16.8. The Kier molecular flexibility index (Phi) is 6.10. The van der Waals surface area contributed by atoms with Crippen LogP contribution in [-0.2, 0) is 13.0 Å². The quantitative estimate of drug-likeness (QED) is 0.818. The molecule has 1 aliphatic rings. The Morgan fingerprint density at radius 3 is 2.50 bits per heavy atom. The van der Waals surface area contributed by atoms with Crippen LogP contribution in [0.5, 0.6) is 0 Å². The number of hydrogen-bond acceptors (Lipinski definition) is 4. The Bertz CT molecular complexity index is 646. The lowest BCUT2D eigenvalue weighted by atomic mass is 10.2. The van der Waals surface area contributed by atoms with Gasteiger partial charge in [-0.1, -0.05) is 49.4 Å². The zero-order valence-electron chi connectivity index (χ0n) is 14.4. The van der Waals surface area contributed by atoms with Crippen molar-refractivity contribution in [3.8, 4) is 0 Å². The number of aromatic nitrogens is 2. The summed E-state index contributed by atoms with van der Waals surface area (Å²) >= 11 is 0. The number of benzene rings is 1. The van der Waals surface area contributed by atoms with E-state index >= 15 is 0 Å². The lowest BCUT2D eigenvalue weighted by Crippen LogP contribution is -2.45. The second-order valence-corrected chi connectivity index (χ2v) is 6.21. The summed E-state index contributed by atoms with van der Waals surface area (Å²) in [5.41, 5.74) is 2.41. The van der Waals surface area contributed by atoms with Crippen LogP contribution in [0.25, 0.3) is 6.08 Å². The first-order valence-corrected chi connectivity index (χ1v) is 8.80. The van der Waals surface area contributed by atoms with E-state index in [1.54, 1.807) is 0 Å². The predicted molar refractivity (Wildman–Crippen MR) is 98.6 cm³/mol. The van der Waals surface area contributed by atoms with Crippen molar-refractivity contribution in [2.24, 2.45) is 0 Å². The van der Waals surface area contributed by atoms with E-state index < -0.39 is 0 Å². The van der Waals surface area contributed by atoms with E-state index in [-0.39, 0.29) is 0 Å². The van der Waals surface area contributed by atoms with Crippen molar-refractivity contribution in [3.63, 3.8) is 0 Å². The van der Waals surface area contributed by atoms with E-state index in [1.807, 2.05) is 12.3 Å². The van der Waals surface area contributed by atoms with Crippen LogP contribution in [0.2, 0.25) is 0 Å². The van der Waals surface area contributed by atoms with Crippen LogP contribution in [0.3, 0.4) is 0 Å². The molecular formula is C20H26N4. The van der Waals surface area contributed by atoms with Crippen LogP contribution in [0.1, 0.15) is 24.0 Å². The summed E-state index contributed by atoms with van der Waals surface area (Å²) in [4.78, 5) is 13.9. The number of aryl methyl sites for hydroxylation is 1. The van der Waals surface area contributed by atoms with Crippen molar-refractivity contribution < 1.29 is 0 Å². The SMILES string of the molecule is CCc1nccc(CN2CCN(CC=Cc3ccccc3)CC2)n1. The van der Waals surface area contributed by atoms with Crippen LogP contribution >= 0.6 is 0 Å². The van der Waals surface area contributed by atoms with Gasteiger partial charge in [-0.05, 0) is 11.6 Å². The number of hydrogen-bond donors (Lipinski definition) is 0. The minimum atomic E-state index is 0.898. The van der Waals surface area contributed by atoms with Gasteiger partial charge in [0.05, 0.1) is 5.69 Å². The maximum absolute atomic E-state index is 4.61. The molecule has 0 N–H and O–H groups in total. The molecule has 24 heavy (non-hydrogen) atoms. The molecule has 2 heterocycles. The third-order valence-electron chi connectivity index (χ3n) is 4.40. The van der Waals surface area contributed by atoms with E-state index in [1.165, 1.54) is 5.56 Å². The molecule has 0 aliphatic carbocycles. The normalized spacial score (nSPS) is 16.7. The maximum Gasteiger partial charge on any atom is 0.128 e. The summed E-state index contributed by atoms with van der Waals surface area (Å²) in [6.45, 7) is 8.49. The van der Waals surface area contributed by atoms with Crippen molar-refractivity contribution in [1.82, 2.24) is 19.8 Å². The summed E-state index contributed by atoms with van der Waals surface area (Å²) in [5, 5.41) is 0. The van der Waals surface area contributed by atoms with Gasteiger partial charge in [0, 0.05) is 51.9 Å². The second kappa shape index (κ2) is 8.71. The standard InChI is InChI=1S/C20H26N4/c1-2-20-21-11-10-19(22-20)17-24-15-13-23(14-16-24)12-6-9-18-7-4-3-5-8-18/h3-11H,2,12-17H2,1H3. The average Bonchev–Trinajstić information content (AvgIpc) is 2.64. The Morgan fingerprint density at radius 2 is 1.75 bits per heavy atom. The molecule has 4 heteroatoms. The molecule has 0 radical (unpaired) electrons. The molecule has 0 saturated carbocycles. The Hall–Kier alpha value is -2.04. The van der Waals surface area contributed by atoms with E-state index in [0.29, 0.717) is 0 Å². The fourth-order valence-electron chi connectivity index (χ4n) is 2.96. The molecule has 1 aromatic heterocycles. The molecule has 0 bridgehead atoms. The molecular weight excluding hydrogens is 296 g/mol. The van der Waals surface area contributed by atoms with Gasteiger partial charge in [0.25, 0.3) is 0 Å². The largest absolute Gasteiger partial charge is 0.297 e. The number of rotatable bonds is 6. The smallest absolute Gasteiger partial charge is 0.128 e. The summed E-state index contributed by atoms with van der Waals surface area (Å²) in [5.74, 6) is 0.942. The molecule has 0 amide bonds. The molecule has 3 rings (SSSR count). The molecule has 0 unspecified atom stereocenters. The first-order valence-electron chi connectivity index (χ1n) is 8.80. The Balaban J connectivity index is 1.43. The van der Waals surface area contributed by atoms with E-state index in [0.717, 1.165) is 57.2 Å². The molecule has 126 valence electrons. The molecule has 2 aromatic rings. The summed E-state index contributed by atoms with van der Waals surface area (Å²) in [6, 6.07) is 12.5. The minimum Gasteiger partial charge on any atom is -0.297 e. The molecule has 0 atom stereocenters. The van der Waals surface area contributed by atoms with Crippen LogP contribution in [0.15, 0.2) is 48.7 Å². The first-order chi connectivity index (χ1) is 11.8. The second-order valence-electron chi connectivity index (χ2n) is 6.21. The van der Waals surface area contributed by atoms with Gasteiger partial charge in [0.2, 0.25) is 0 Å². The highest BCUT2D eigenvalue weighted by Gasteiger charge is 2.16. The minimum absolute atomic E-state index is 0.898. The van der Waals surface area contributed by atoms with Gasteiger partial charge in [-0.2, -0.15) is 0 Å². The maximum atomic E-state index is 4.61. The van der Waals surface area contributed by atoms with Gasteiger partial charge >= 0.3 is 0 Å². The Morgan fingerprint density at radius 1 is 1.00 bits per heavy atom. The van der Waals surface area contributed by atoms with E-state index in [2.05, 4.69) is 69.2 Å². The zero-order chi connectivity index (χ0) is 16.6. The Labute approximate surface area is 144 Å². The monoisotopic (exact) mass is 322 g/mol. The highest BCUT2D eigenvalue weighted by Crippen LogP contribution is 2.08. The number of nitrogens with zero attached hydrogens (tertiary/aromatic N) is 4. The molecule has 4 nitrogen and oxygen atoms in total. The summed E-state index contributed by atoms with van der Waals surface area (Å²) < 4.78 is 0. The topological polar surface area (TPSA) is 32.3 Å². The van der Waals surface area contributed by atoms with E-state index in [9.17, 15) is 0 Å². The molecule has 1 aromatic carbocycles. The fourth-order valence-corrected chi connectivity index (χ4v) is 2.96. The van der Waals surface area contributed by atoms with Crippen LogP contribution in [-0.4, -0.2) is 52.5 Å². The van der Waals surface area contributed by atoms with Crippen molar-refractivity contribution in [2.45, 2.75) is 19.9 Å². The van der Waals surface area contributed by atoms with Crippen molar-refractivity contribution >= 4 is 6.08 Å².